The molecule has 0 amide bonds. The number of aliphatic hydroxyl groups is 9. The lowest BCUT2D eigenvalue weighted by Crippen LogP contribution is -2.66. The van der Waals surface area contributed by atoms with E-state index in [9.17, 15) is 46.0 Å². The van der Waals surface area contributed by atoms with Crippen LogP contribution in [0.25, 0.3) is 0 Å². The van der Waals surface area contributed by atoms with E-state index in [2.05, 4.69) is 0 Å². The Labute approximate surface area is 183 Å². The highest BCUT2D eigenvalue weighted by Crippen LogP contribution is 2.32. The number of hydrogen-bond donors (Lipinski definition) is 9. The van der Waals surface area contributed by atoms with Gasteiger partial charge in [-0.15, -0.1) is 0 Å². The molecular formula is C18H32O14. The van der Waals surface area contributed by atoms with Crippen LogP contribution in [-0.2, 0) is 23.7 Å². The van der Waals surface area contributed by atoms with E-state index in [4.69, 9.17) is 23.7 Å². The van der Waals surface area contributed by atoms with Crippen molar-refractivity contribution in [1.82, 2.24) is 0 Å². The molecular weight excluding hydrogens is 440 g/mol. The van der Waals surface area contributed by atoms with Gasteiger partial charge in [0.25, 0.3) is 0 Å². The van der Waals surface area contributed by atoms with Crippen molar-refractivity contribution >= 4 is 0 Å². The molecule has 32 heavy (non-hydrogen) atoms. The van der Waals surface area contributed by atoms with Crippen LogP contribution >= 0.6 is 0 Å². The first kappa shape index (κ1) is 26.1. The Hall–Kier alpha value is -0.560. The first-order valence-electron chi connectivity index (χ1n) is 10.3. The predicted molar refractivity (Wildman–Crippen MR) is 98.4 cm³/mol. The average molecular weight is 472 g/mol. The van der Waals surface area contributed by atoms with Crippen molar-refractivity contribution < 1.29 is 69.6 Å². The summed E-state index contributed by atoms with van der Waals surface area (Å²) in [6.45, 7) is 2.09. The van der Waals surface area contributed by atoms with E-state index < -0.39 is 98.7 Å². The molecule has 0 aliphatic carbocycles. The van der Waals surface area contributed by atoms with E-state index in [0.717, 1.165) is 0 Å². The van der Waals surface area contributed by atoms with Crippen LogP contribution in [-0.4, -0.2) is 145 Å². The molecule has 14 heteroatoms. The van der Waals surface area contributed by atoms with Gasteiger partial charge in [0.1, 0.15) is 61.0 Å². The number of rotatable bonds is 5. The van der Waals surface area contributed by atoms with Gasteiger partial charge in [-0.05, 0) is 13.8 Å². The van der Waals surface area contributed by atoms with Crippen molar-refractivity contribution in [3.63, 3.8) is 0 Å². The molecule has 3 aliphatic rings. The van der Waals surface area contributed by atoms with Gasteiger partial charge in [0.2, 0.25) is 0 Å². The zero-order chi connectivity index (χ0) is 23.9. The average Bonchev–Trinajstić information content (AvgIpc) is 2.76. The van der Waals surface area contributed by atoms with Crippen LogP contribution < -0.4 is 0 Å². The quantitative estimate of drug-likeness (QED) is 0.182. The second-order valence-electron chi connectivity index (χ2n) is 8.30. The molecule has 0 spiro atoms. The van der Waals surface area contributed by atoms with Gasteiger partial charge >= 0.3 is 0 Å². The third-order valence-corrected chi connectivity index (χ3v) is 6.01. The van der Waals surface area contributed by atoms with Gasteiger partial charge in [0, 0.05) is 0 Å². The molecule has 0 aromatic rings. The van der Waals surface area contributed by atoms with E-state index in [0.29, 0.717) is 0 Å². The van der Waals surface area contributed by atoms with Crippen LogP contribution in [0.15, 0.2) is 0 Å². The Balaban J connectivity index is 1.77. The summed E-state index contributed by atoms with van der Waals surface area (Å²) in [4.78, 5) is 0. The first-order chi connectivity index (χ1) is 15.0. The third kappa shape index (κ3) is 4.94. The summed E-state index contributed by atoms with van der Waals surface area (Å²) in [5, 5.41) is 90.9. The second-order valence-corrected chi connectivity index (χ2v) is 8.30. The summed E-state index contributed by atoms with van der Waals surface area (Å²) < 4.78 is 26.6. The minimum Gasteiger partial charge on any atom is -0.394 e. The fourth-order valence-electron chi connectivity index (χ4n) is 3.94. The van der Waals surface area contributed by atoms with Crippen molar-refractivity contribution in [1.29, 1.82) is 0 Å². The first-order valence-corrected chi connectivity index (χ1v) is 10.3. The zero-order valence-electron chi connectivity index (χ0n) is 17.4. The van der Waals surface area contributed by atoms with E-state index in [-0.39, 0.29) is 0 Å². The fourth-order valence-corrected chi connectivity index (χ4v) is 3.94. The van der Waals surface area contributed by atoms with Crippen molar-refractivity contribution in [2.45, 2.75) is 106 Å². The zero-order valence-corrected chi connectivity index (χ0v) is 17.4. The minimum absolute atomic E-state index is 0.739. The molecule has 0 aromatic carbocycles. The molecule has 0 aromatic heterocycles. The summed E-state index contributed by atoms with van der Waals surface area (Å²) in [5.74, 6) is 0. The van der Waals surface area contributed by atoms with Gasteiger partial charge in [0.05, 0.1) is 18.8 Å². The molecule has 15 atom stereocenters. The predicted octanol–water partition coefficient (Wildman–Crippen LogP) is -5.52. The van der Waals surface area contributed by atoms with Crippen LogP contribution in [0, 0.1) is 0 Å². The lowest BCUT2D eigenvalue weighted by molar-refractivity contribution is -0.376. The van der Waals surface area contributed by atoms with E-state index in [1.807, 2.05) is 0 Å². The molecule has 3 rings (SSSR count). The molecule has 14 nitrogen and oxygen atoms in total. The number of aliphatic hydroxyl groups excluding tert-OH is 9. The van der Waals surface area contributed by atoms with Gasteiger partial charge < -0.3 is 69.6 Å². The Morgan fingerprint density at radius 1 is 0.562 bits per heavy atom. The lowest BCUT2D eigenvalue weighted by Gasteiger charge is -2.47. The smallest absolute Gasteiger partial charge is 0.187 e. The van der Waals surface area contributed by atoms with Gasteiger partial charge in [-0.3, -0.25) is 0 Å². The lowest BCUT2D eigenvalue weighted by atomic mass is 9.96. The van der Waals surface area contributed by atoms with Crippen molar-refractivity contribution in [2.75, 3.05) is 6.61 Å². The topological polar surface area (TPSA) is 228 Å². The van der Waals surface area contributed by atoms with Crippen molar-refractivity contribution in [2.24, 2.45) is 0 Å². The third-order valence-electron chi connectivity index (χ3n) is 6.01. The molecule has 0 bridgehead atoms. The van der Waals surface area contributed by atoms with Gasteiger partial charge in [0.15, 0.2) is 18.9 Å². The highest BCUT2D eigenvalue weighted by Gasteiger charge is 2.52. The standard InChI is InChI=1S/C18H32O14/c1-4-7(20)10(23)11(24)17(29-4)32-15-9(22)6(3-19)30-18(13(15)26)31-14-8(21)5(2)28-16(27)12(14)25/h4-27H,3H2,1-2H3/t4-,5-,6+,7-,8-,9-,10-,11-,12-,13-,14+,15-,16-,17-,18+/m1/s1. The second kappa shape index (κ2) is 10.4. The molecule has 9 N–H and O–H groups in total. The summed E-state index contributed by atoms with van der Waals surface area (Å²) in [6, 6.07) is 0. The molecule has 3 fully saturated rings. The molecule has 0 radical (unpaired) electrons. The summed E-state index contributed by atoms with van der Waals surface area (Å²) >= 11 is 0. The van der Waals surface area contributed by atoms with Gasteiger partial charge in [-0.1, -0.05) is 0 Å². The Bertz CT molecular complexity index is 596. The van der Waals surface area contributed by atoms with E-state index in [1.54, 1.807) is 0 Å². The fraction of sp³-hybridized carbons (Fsp3) is 1.00. The van der Waals surface area contributed by atoms with Crippen LogP contribution in [0.5, 0.6) is 0 Å². The summed E-state index contributed by atoms with van der Waals surface area (Å²) in [5.41, 5.74) is 0. The maximum atomic E-state index is 10.7. The molecule has 0 saturated carbocycles. The monoisotopic (exact) mass is 472 g/mol. The summed E-state index contributed by atoms with van der Waals surface area (Å²) in [7, 11) is 0. The highest BCUT2D eigenvalue weighted by atomic mass is 16.7. The number of ether oxygens (including phenoxy) is 5. The Morgan fingerprint density at radius 3 is 1.69 bits per heavy atom. The SMILES string of the molecule is C[C@H]1O[C@H](O[C@H]2[C@@H](O)[C@H](O[C@@H]3[C@@H](O)[C@H](O)O[C@H](C)[C@H]3O)O[C@@H](CO)[C@H]2O)[C@H](O)[C@H](O)[C@@H]1O. The number of hydrogen-bond acceptors (Lipinski definition) is 14. The molecule has 3 heterocycles. The Morgan fingerprint density at radius 2 is 1.09 bits per heavy atom. The van der Waals surface area contributed by atoms with Crippen LogP contribution in [0.1, 0.15) is 13.8 Å². The maximum Gasteiger partial charge on any atom is 0.187 e. The Kier molecular flexibility index (Phi) is 8.44. The van der Waals surface area contributed by atoms with E-state index in [1.165, 1.54) is 13.8 Å². The highest BCUT2D eigenvalue weighted by molar-refractivity contribution is 4.95. The normalized spacial score (nSPS) is 55.0. The van der Waals surface area contributed by atoms with Crippen molar-refractivity contribution in [3.8, 4) is 0 Å². The van der Waals surface area contributed by atoms with Crippen LogP contribution in [0.2, 0.25) is 0 Å². The van der Waals surface area contributed by atoms with Gasteiger partial charge in [-0.25, -0.2) is 0 Å². The molecule has 3 aliphatic heterocycles. The summed E-state index contributed by atoms with van der Waals surface area (Å²) in [6.07, 6.45) is -22.6. The largest absolute Gasteiger partial charge is 0.394 e. The molecule has 0 unspecified atom stereocenters. The maximum absolute atomic E-state index is 10.7. The molecule has 188 valence electrons. The van der Waals surface area contributed by atoms with Crippen LogP contribution in [0.3, 0.4) is 0 Å². The van der Waals surface area contributed by atoms with Crippen molar-refractivity contribution in [3.05, 3.63) is 0 Å². The minimum atomic E-state index is -1.79. The molecule has 3 saturated heterocycles. The van der Waals surface area contributed by atoms with E-state index >= 15 is 0 Å². The van der Waals surface area contributed by atoms with Gasteiger partial charge in [-0.2, -0.15) is 0 Å². The van der Waals surface area contributed by atoms with Crippen LogP contribution in [0.4, 0.5) is 0 Å².